The third kappa shape index (κ3) is 20.4. The minimum Gasteiger partial charge on any atom is -0.349 e. The molecule has 10 heteroatoms. The van der Waals surface area contributed by atoms with E-state index in [4.69, 9.17) is 15.0 Å². The SMILES string of the molecule is CC(C)(C)CC(C)(C)Nc1nc(N(CCCCCCNC2CC(C)(C)NC(C)(C)C2)C2CC(C)(C)CC(C)(C)C2)nc(N(CCCCCCNC2CC(C)(C)NC(C)(C)C2)C2CC(C)(C)CC(C)(C)C2)n1. The zero-order valence-corrected chi connectivity index (χ0v) is 50.8. The molecule has 5 rings (SSSR count). The van der Waals surface area contributed by atoms with Crippen LogP contribution in [0.1, 0.15) is 267 Å². The van der Waals surface area contributed by atoms with E-state index in [1.165, 1.54) is 77.0 Å². The highest BCUT2D eigenvalue weighted by Gasteiger charge is 2.44. The number of rotatable bonds is 23. The molecule has 0 unspecified atom stereocenters. The van der Waals surface area contributed by atoms with Crippen LogP contribution in [-0.4, -0.2) is 93.0 Å². The summed E-state index contributed by atoms with van der Waals surface area (Å²) >= 11 is 0. The van der Waals surface area contributed by atoms with E-state index in [0.717, 1.165) is 89.0 Å². The summed E-state index contributed by atoms with van der Waals surface area (Å²) in [5, 5.41) is 19.6. The normalized spacial score (nSPS) is 24.4. The second-order valence-corrected chi connectivity index (χ2v) is 32.3. The van der Waals surface area contributed by atoms with Crippen molar-refractivity contribution in [3.05, 3.63) is 0 Å². The van der Waals surface area contributed by atoms with Crippen LogP contribution in [-0.2, 0) is 0 Å². The predicted octanol–water partition coefficient (Wildman–Crippen LogP) is 14.2. The first-order valence-corrected chi connectivity index (χ1v) is 29.4. The van der Waals surface area contributed by atoms with Crippen LogP contribution in [0.25, 0.3) is 0 Å². The van der Waals surface area contributed by atoms with Crippen LogP contribution in [0.15, 0.2) is 0 Å². The lowest BCUT2D eigenvalue weighted by atomic mass is 9.63. The van der Waals surface area contributed by atoms with Gasteiger partial charge in [-0.2, -0.15) is 15.0 Å². The quantitative estimate of drug-likeness (QED) is 0.0681. The molecule has 4 fully saturated rings. The lowest BCUT2D eigenvalue weighted by Crippen LogP contribution is -2.61. The molecule has 0 atom stereocenters. The van der Waals surface area contributed by atoms with Gasteiger partial charge in [0.1, 0.15) is 0 Å². The predicted molar refractivity (Wildman–Crippen MR) is 308 cm³/mol. The summed E-state index contributed by atoms with van der Waals surface area (Å²) in [6, 6.07) is 1.87. The van der Waals surface area contributed by atoms with Crippen molar-refractivity contribution in [2.45, 2.75) is 319 Å². The number of hydrogen-bond acceptors (Lipinski definition) is 10. The third-order valence-corrected chi connectivity index (χ3v) is 16.4. The van der Waals surface area contributed by atoms with Gasteiger partial charge in [-0.25, -0.2) is 0 Å². The van der Waals surface area contributed by atoms with Crippen LogP contribution in [0.4, 0.5) is 17.8 Å². The van der Waals surface area contributed by atoms with Gasteiger partial charge in [0.25, 0.3) is 0 Å². The maximum atomic E-state index is 5.75. The van der Waals surface area contributed by atoms with Gasteiger partial charge in [0.05, 0.1) is 0 Å². The van der Waals surface area contributed by atoms with Crippen molar-refractivity contribution < 1.29 is 0 Å². The van der Waals surface area contributed by atoms with Crippen molar-refractivity contribution in [1.82, 2.24) is 36.2 Å². The maximum absolute atomic E-state index is 5.75. The number of unbranched alkanes of at least 4 members (excludes halogenated alkanes) is 6. The van der Waals surface area contributed by atoms with Crippen LogP contribution < -0.4 is 36.4 Å². The van der Waals surface area contributed by atoms with E-state index in [-0.39, 0.29) is 54.8 Å². The van der Waals surface area contributed by atoms with Gasteiger partial charge in [0.2, 0.25) is 17.8 Å². The van der Waals surface area contributed by atoms with E-state index in [1.54, 1.807) is 0 Å². The van der Waals surface area contributed by atoms with Crippen molar-refractivity contribution >= 4 is 17.8 Å². The molecule has 0 aromatic carbocycles. The van der Waals surface area contributed by atoms with E-state index < -0.39 is 0 Å². The number of aromatic nitrogens is 3. The fourth-order valence-electron chi connectivity index (χ4n) is 16.3. The lowest BCUT2D eigenvalue weighted by Gasteiger charge is -2.49. The van der Waals surface area contributed by atoms with Gasteiger partial charge in [-0.05, 0) is 206 Å². The number of hydrogen-bond donors (Lipinski definition) is 5. The van der Waals surface area contributed by atoms with E-state index in [9.17, 15) is 0 Å². The molecule has 1 aromatic heterocycles. The zero-order valence-electron chi connectivity index (χ0n) is 50.8. The first-order valence-electron chi connectivity index (χ1n) is 29.4. The molecular formula is C61H118N10. The second-order valence-electron chi connectivity index (χ2n) is 32.3. The molecule has 1 aromatic rings. The topological polar surface area (TPSA) is 105 Å². The fourth-order valence-corrected chi connectivity index (χ4v) is 16.3. The van der Waals surface area contributed by atoms with Gasteiger partial charge in [0.15, 0.2) is 0 Å². The molecule has 2 aliphatic heterocycles. The minimum atomic E-state index is -0.200. The van der Waals surface area contributed by atoms with Crippen LogP contribution >= 0.6 is 0 Å². The number of anilines is 3. The summed E-state index contributed by atoms with van der Waals surface area (Å²) in [6.45, 7) is 54.7. The standard InChI is InChI=1S/C61H118N10/c1-52(2,3)42-61(20,21)67-49-64-50(70(47-38-53(4,5)43-54(6,7)39-47)32-28-24-22-26-30-62-45-34-57(12,13)68-58(14,15)35-45)66-51(65-49)71(48-40-55(8,9)44-56(10,11)41-48)33-29-25-23-27-31-63-46-36-59(16,17)69-60(18,19)37-46/h45-48,62-63,68-69H,22-44H2,1-21H3,(H,64,65,66,67). The van der Waals surface area contributed by atoms with Crippen molar-refractivity contribution in [2.24, 2.45) is 27.1 Å². The monoisotopic (exact) mass is 991 g/mol. The smallest absolute Gasteiger partial charge is 0.232 e. The highest BCUT2D eigenvalue weighted by Crippen LogP contribution is 2.50. The average Bonchev–Trinajstić information content (AvgIpc) is 3.10. The van der Waals surface area contributed by atoms with Gasteiger partial charge in [-0.3, -0.25) is 0 Å². The molecule has 0 spiro atoms. The second kappa shape index (κ2) is 22.8. The Kier molecular flexibility index (Phi) is 19.3. The van der Waals surface area contributed by atoms with Gasteiger partial charge >= 0.3 is 0 Å². The Hall–Kier alpha value is -1.75. The Morgan fingerprint density at radius 1 is 0.451 bits per heavy atom. The van der Waals surface area contributed by atoms with Crippen molar-refractivity contribution in [1.29, 1.82) is 0 Å². The highest BCUT2D eigenvalue weighted by atomic mass is 15.4. The third-order valence-electron chi connectivity index (χ3n) is 16.4. The first kappa shape index (κ1) is 60.1. The Balaban J connectivity index is 1.41. The number of piperidine rings is 2. The summed E-state index contributed by atoms with van der Waals surface area (Å²) in [5.74, 6) is 2.51. The molecular weight excluding hydrogens is 873 g/mol. The Morgan fingerprint density at radius 2 is 0.775 bits per heavy atom. The number of nitrogens with one attached hydrogen (secondary N) is 5. The van der Waals surface area contributed by atoms with Gasteiger partial charge < -0.3 is 36.4 Å². The van der Waals surface area contributed by atoms with E-state index in [0.29, 0.717) is 24.2 Å². The lowest BCUT2D eigenvalue weighted by molar-refractivity contribution is 0.0942. The van der Waals surface area contributed by atoms with Crippen molar-refractivity contribution in [2.75, 3.05) is 41.3 Å². The van der Waals surface area contributed by atoms with Crippen LogP contribution in [0.5, 0.6) is 0 Å². The first-order chi connectivity index (χ1) is 32.3. The van der Waals surface area contributed by atoms with Crippen molar-refractivity contribution in [3.8, 4) is 0 Å². The Labute approximate surface area is 440 Å². The average molecular weight is 992 g/mol. The minimum absolute atomic E-state index is 0.151. The van der Waals surface area contributed by atoms with Crippen LogP contribution in [0.2, 0.25) is 0 Å². The summed E-state index contributed by atoms with van der Waals surface area (Å²) in [5.41, 5.74) is 1.56. The zero-order chi connectivity index (χ0) is 53.1. The van der Waals surface area contributed by atoms with Gasteiger partial charge in [-0.15, -0.1) is 0 Å². The number of nitrogens with zero attached hydrogens (tertiary/aromatic N) is 5. The molecule has 2 saturated heterocycles. The van der Waals surface area contributed by atoms with Crippen LogP contribution in [0, 0.1) is 27.1 Å². The maximum Gasteiger partial charge on any atom is 0.232 e. The van der Waals surface area contributed by atoms with Gasteiger partial charge in [-0.1, -0.05) is 102 Å². The van der Waals surface area contributed by atoms with Crippen molar-refractivity contribution in [3.63, 3.8) is 0 Å². The summed E-state index contributed by atoms with van der Waals surface area (Å²) in [7, 11) is 0. The molecule has 2 aliphatic carbocycles. The molecule has 0 amide bonds. The molecule has 3 heterocycles. The summed E-state index contributed by atoms with van der Waals surface area (Å²) in [4.78, 5) is 22.2. The fraction of sp³-hybridized carbons (Fsp3) is 0.951. The molecule has 2 saturated carbocycles. The molecule has 5 N–H and O–H groups in total. The summed E-state index contributed by atoms with van der Waals surface area (Å²) < 4.78 is 0. The highest BCUT2D eigenvalue weighted by molar-refractivity contribution is 5.48. The molecule has 412 valence electrons. The molecule has 4 aliphatic rings. The van der Waals surface area contributed by atoms with E-state index in [2.05, 4.69) is 182 Å². The largest absolute Gasteiger partial charge is 0.349 e. The summed E-state index contributed by atoms with van der Waals surface area (Å²) in [6.07, 6.45) is 22.4. The Bertz CT molecular complexity index is 1640. The Morgan fingerprint density at radius 3 is 1.10 bits per heavy atom. The van der Waals surface area contributed by atoms with Crippen LogP contribution in [0.3, 0.4) is 0 Å². The molecule has 10 nitrogen and oxygen atoms in total. The van der Waals surface area contributed by atoms with Gasteiger partial charge in [0, 0.05) is 65.0 Å². The van der Waals surface area contributed by atoms with E-state index >= 15 is 0 Å². The molecule has 0 bridgehead atoms. The molecule has 71 heavy (non-hydrogen) atoms. The molecule has 0 radical (unpaired) electrons. The van der Waals surface area contributed by atoms with E-state index in [1.807, 2.05) is 0 Å².